The average Bonchev–Trinajstić information content (AvgIpc) is 1.84. The zero-order valence-electron chi connectivity index (χ0n) is 7.59. The summed E-state index contributed by atoms with van der Waals surface area (Å²) < 4.78 is 0. The summed E-state index contributed by atoms with van der Waals surface area (Å²) in [4.78, 5) is 10.6. The van der Waals surface area contributed by atoms with Crippen molar-refractivity contribution in [1.82, 2.24) is 0 Å². The summed E-state index contributed by atoms with van der Waals surface area (Å²) in [6.45, 7) is 0. The van der Waals surface area contributed by atoms with Gasteiger partial charge in [-0.15, -0.1) is 0 Å². The van der Waals surface area contributed by atoms with Crippen molar-refractivity contribution < 1.29 is 37.2 Å². The summed E-state index contributed by atoms with van der Waals surface area (Å²) in [5.41, 5.74) is 0. The zero-order valence-corrected chi connectivity index (χ0v) is 11.6. The molecule has 1 saturated carbocycles. The molecule has 0 aromatic heterocycles. The first kappa shape index (κ1) is 12.4. The number of aliphatic carboxylic acids is 1. The summed E-state index contributed by atoms with van der Waals surface area (Å²) in [5, 5.41) is 8.76. The maximum atomic E-state index is 10.6. The Hall–Kier alpha value is 0.392. The first-order chi connectivity index (χ1) is 5.30. The van der Waals surface area contributed by atoms with Crippen LogP contribution in [0.1, 0.15) is 44.9 Å². The predicted molar refractivity (Wildman–Crippen MR) is 43.4 cm³/mol. The third-order valence-electron chi connectivity index (χ3n) is 2.45. The Morgan fingerprint density at radius 2 is 1.42 bits per heavy atom. The minimum Gasteiger partial charge on any atom is -0.481 e. The third-order valence-corrected chi connectivity index (χ3v) is 2.45. The van der Waals surface area contributed by atoms with Gasteiger partial charge in [-0.2, -0.15) is 0 Å². The van der Waals surface area contributed by atoms with E-state index in [2.05, 4.69) is 0 Å². The first-order valence-electron chi connectivity index (χ1n) is 4.53. The van der Waals surface area contributed by atoms with Gasteiger partial charge in [0.05, 0.1) is 5.92 Å². The minimum atomic E-state index is -0.591. The number of hydrogen-bond acceptors (Lipinski definition) is 1. The molecular formula is C9H16CdO2. The van der Waals surface area contributed by atoms with Crippen LogP contribution in [0.3, 0.4) is 0 Å². The Bertz CT molecular complexity index is 128. The van der Waals surface area contributed by atoms with Crippen LogP contribution in [0.4, 0.5) is 0 Å². The summed E-state index contributed by atoms with van der Waals surface area (Å²) >= 11 is 0. The molecule has 0 saturated heterocycles. The van der Waals surface area contributed by atoms with Gasteiger partial charge >= 0.3 is 5.97 Å². The average molecular weight is 269 g/mol. The molecule has 0 radical (unpaired) electrons. The molecule has 0 aliphatic heterocycles. The predicted octanol–water partition coefficient (Wildman–Crippen LogP) is 2.43. The van der Waals surface area contributed by atoms with E-state index >= 15 is 0 Å². The van der Waals surface area contributed by atoms with E-state index in [0.717, 1.165) is 25.7 Å². The topological polar surface area (TPSA) is 37.3 Å². The van der Waals surface area contributed by atoms with Crippen LogP contribution >= 0.6 is 0 Å². The van der Waals surface area contributed by atoms with Gasteiger partial charge in [0.25, 0.3) is 0 Å². The number of carboxylic acids is 1. The maximum absolute atomic E-state index is 10.6. The Balaban J connectivity index is 0.00000121. The van der Waals surface area contributed by atoms with Crippen LogP contribution in [0.25, 0.3) is 0 Å². The van der Waals surface area contributed by atoms with Crippen molar-refractivity contribution in [2.24, 2.45) is 5.92 Å². The number of carbonyl (C=O) groups is 1. The Morgan fingerprint density at radius 1 is 1.00 bits per heavy atom. The van der Waals surface area contributed by atoms with Crippen LogP contribution in [0.15, 0.2) is 0 Å². The van der Waals surface area contributed by atoms with Gasteiger partial charge in [-0.1, -0.05) is 32.1 Å². The molecular weight excluding hydrogens is 253 g/mol. The van der Waals surface area contributed by atoms with Crippen molar-refractivity contribution in [3.63, 3.8) is 0 Å². The molecule has 0 unspecified atom stereocenters. The first-order valence-corrected chi connectivity index (χ1v) is 4.53. The fourth-order valence-electron chi connectivity index (χ4n) is 1.70. The number of hydrogen-bond donors (Lipinski definition) is 1. The molecule has 0 bridgehead atoms. The van der Waals surface area contributed by atoms with E-state index in [1.54, 1.807) is 0 Å². The van der Waals surface area contributed by atoms with Gasteiger partial charge < -0.3 is 5.11 Å². The smallest absolute Gasteiger partial charge is 0.306 e. The normalized spacial score (nSPS) is 20.3. The second kappa shape index (κ2) is 6.86. The molecule has 0 aromatic carbocycles. The maximum Gasteiger partial charge on any atom is 0.306 e. The largest absolute Gasteiger partial charge is 0.481 e. The van der Waals surface area contributed by atoms with Gasteiger partial charge in [0.2, 0.25) is 0 Å². The molecule has 0 atom stereocenters. The van der Waals surface area contributed by atoms with Gasteiger partial charge in [-0.05, 0) is 12.8 Å². The van der Waals surface area contributed by atoms with Gasteiger partial charge in [0.1, 0.15) is 0 Å². The molecule has 1 aliphatic rings. The molecule has 0 amide bonds. The van der Waals surface area contributed by atoms with Crippen molar-refractivity contribution in [1.29, 1.82) is 0 Å². The van der Waals surface area contributed by atoms with Gasteiger partial charge in [-0.25, -0.2) is 0 Å². The van der Waals surface area contributed by atoms with E-state index in [4.69, 9.17) is 5.11 Å². The minimum absolute atomic E-state index is 0. The number of carboxylic acid groups (broad SMARTS) is 1. The molecule has 1 rings (SSSR count). The van der Waals surface area contributed by atoms with Crippen LogP contribution in [-0.2, 0) is 32.1 Å². The van der Waals surface area contributed by atoms with E-state index in [-0.39, 0.29) is 33.2 Å². The van der Waals surface area contributed by atoms with Crippen LogP contribution in [-0.4, -0.2) is 11.1 Å². The van der Waals surface area contributed by atoms with Crippen molar-refractivity contribution in [2.75, 3.05) is 0 Å². The second-order valence-electron chi connectivity index (χ2n) is 3.38. The standard InChI is InChI=1S/C9H16O2.Cd/c10-9(11)8-6-4-2-1-3-5-7-8;/h8H,1-7H2,(H,10,11);. The van der Waals surface area contributed by atoms with Crippen molar-refractivity contribution >= 4 is 5.97 Å². The quantitative estimate of drug-likeness (QED) is 0.742. The molecule has 0 spiro atoms. The van der Waals surface area contributed by atoms with Gasteiger partial charge in [0.15, 0.2) is 0 Å². The molecule has 12 heavy (non-hydrogen) atoms. The summed E-state index contributed by atoms with van der Waals surface area (Å²) in [7, 11) is 0. The summed E-state index contributed by atoms with van der Waals surface area (Å²) in [6.07, 6.45) is 7.76. The van der Waals surface area contributed by atoms with Crippen molar-refractivity contribution in [2.45, 2.75) is 44.9 Å². The fraction of sp³-hybridized carbons (Fsp3) is 0.889. The number of rotatable bonds is 1. The molecule has 1 aliphatic carbocycles. The SMILES string of the molecule is O=C(O)C1CCCCCCC1.[Cd]. The molecule has 3 heteroatoms. The Labute approximate surface area is 93.9 Å². The van der Waals surface area contributed by atoms with Crippen molar-refractivity contribution in [3.05, 3.63) is 0 Å². The summed E-state index contributed by atoms with van der Waals surface area (Å²) in [5.74, 6) is -0.637. The molecule has 0 aromatic rings. The monoisotopic (exact) mass is 270 g/mol. The van der Waals surface area contributed by atoms with Crippen LogP contribution < -0.4 is 0 Å². The van der Waals surface area contributed by atoms with Crippen LogP contribution in [0.2, 0.25) is 0 Å². The zero-order chi connectivity index (χ0) is 8.10. The van der Waals surface area contributed by atoms with E-state index in [1.165, 1.54) is 19.3 Å². The third kappa shape index (κ3) is 4.43. The van der Waals surface area contributed by atoms with Gasteiger partial charge in [-0.3, -0.25) is 4.79 Å². The fourth-order valence-corrected chi connectivity index (χ4v) is 1.70. The summed E-state index contributed by atoms with van der Waals surface area (Å²) in [6, 6.07) is 0. The van der Waals surface area contributed by atoms with Gasteiger partial charge in [0, 0.05) is 27.3 Å². The van der Waals surface area contributed by atoms with E-state index in [0.29, 0.717) is 0 Å². The van der Waals surface area contributed by atoms with Crippen LogP contribution in [0.5, 0.6) is 0 Å². The van der Waals surface area contributed by atoms with Crippen molar-refractivity contribution in [3.8, 4) is 0 Å². The second-order valence-corrected chi connectivity index (χ2v) is 3.38. The Morgan fingerprint density at radius 3 is 1.83 bits per heavy atom. The molecule has 1 N–H and O–H groups in total. The molecule has 0 heterocycles. The van der Waals surface area contributed by atoms with E-state index in [9.17, 15) is 4.79 Å². The Kier molecular flexibility index (Phi) is 7.08. The van der Waals surface area contributed by atoms with E-state index in [1.807, 2.05) is 0 Å². The molecule has 1 fully saturated rings. The van der Waals surface area contributed by atoms with Crippen LogP contribution in [0, 0.1) is 5.92 Å². The molecule has 66 valence electrons. The van der Waals surface area contributed by atoms with E-state index < -0.39 is 5.97 Å². The molecule has 2 nitrogen and oxygen atoms in total.